The molecule has 4 nitrogen and oxygen atoms in total. The lowest BCUT2D eigenvalue weighted by Gasteiger charge is -2.30. The van der Waals surface area contributed by atoms with Crippen LogP contribution in [0.1, 0.15) is 35.6 Å². The molecule has 106 valence electrons. The van der Waals surface area contributed by atoms with E-state index >= 15 is 0 Å². The van der Waals surface area contributed by atoms with E-state index < -0.39 is 11.4 Å². The molecule has 0 radical (unpaired) electrons. The Kier molecular flexibility index (Phi) is 4.58. The molecule has 1 atom stereocenters. The first kappa shape index (κ1) is 15.5. The Morgan fingerprint density at radius 2 is 1.95 bits per heavy atom. The van der Waals surface area contributed by atoms with Gasteiger partial charge in [-0.2, -0.15) is 0 Å². The van der Waals surface area contributed by atoms with E-state index in [-0.39, 0.29) is 0 Å². The quantitative estimate of drug-likeness (QED) is 0.857. The highest BCUT2D eigenvalue weighted by molar-refractivity contribution is 5.82. The standard InChI is InChI=1S/C15H23NO3/c1-9-8-12(19-5)10(2)11(3)13(9)15(4,6-7-16)14(17)18/h8H,6-7,16H2,1-5H3,(H,17,18). The lowest BCUT2D eigenvalue weighted by molar-refractivity contribution is -0.143. The summed E-state index contributed by atoms with van der Waals surface area (Å²) in [4.78, 5) is 11.7. The van der Waals surface area contributed by atoms with Crippen molar-refractivity contribution >= 4 is 5.97 Å². The van der Waals surface area contributed by atoms with Gasteiger partial charge in [0.15, 0.2) is 0 Å². The van der Waals surface area contributed by atoms with Crippen LogP contribution >= 0.6 is 0 Å². The highest BCUT2D eigenvalue weighted by Crippen LogP contribution is 2.37. The third kappa shape index (κ3) is 2.59. The van der Waals surface area contributed by atoms with Crippen LogP contribution in [0, 0.1) is 20.8 Å². The topological polar surface area (TPSA) is 72.5 Å². The molecule has 0 aliphatic rings. The molecule has 0 saturated carbocycles. The fraction of sp³-hybridized carbons (Fsp3) is 0.533. The molecule has 0 amide bonds. The van der Waals surface area contributed by atoms with Gasteiger partial charge >= 0.3 is 5.97 Å². The highest BCUT2D eigenvalue weighted by atomic mass is 16.5. The summed E-state index contributed by atoms with van der Waals surface area (Å²) in [6.45, 7) is 7.89. The van der Waals surface area contributed by atoms with Gasteiger partial charge in [-0.05, 0) is 69.0 Å². The molecule has 0 aliphatic carbocycles. The molecule has 0 aliphatic heterocycles. The first-order valence-electron chi connectivity index (χ1n) is 6.38. The maximum atomic E-state index is 11.7. The fourth-order valence-corrected chi connectivity index (χ4v) is 2.73. The van der Waals surface area contributed by atoms with Gasteiger partial charge in [0.2, 0.25) is 0 Å². The van der Waals surface area contributed by atoms with Crippen molar-refractivity contribution in [2.24, 2.45) is 5.73 Å². The van der Waals surface area contributed by atoms with E-state index in [1.807, 2.05) is 26.8 Å². The van der Waals surface area contributed by atoms with Crippen LogP contribution in [0.3, 0.4) is 0 Å². The van der Waals surface area contributed by atoms with Gasteiger partial charge in [0, 0.05) is 0 Å². The summed E-state index contributed by atoms with van der Waals surface area (Å²) in [6.07, 6.45) is 0.412. The van der Waals surface area contributed by atoms with Crippen molar-refractivity contribution in [1.82, 2.24) is 0 Å². The van der Waals surface area contributed by atoms with Crippen molar-refractivity contribution in [3.63, 3.8) is 0 Å². The molecule has 1 aromatic carbocycles. The number of hydrogen-bond donors (Lipinski definition) is 2. The normalized spacial score (nSPS) is 14.0. The number of carboxylic acid groups (broad SMARTS) is 1. The number of carbonyl (C=O) groups is 1. The second kappa shape index (κ2) is 5.61. The van der Waals surface area contributed by atoms with Crippen LogP contribution in [-0.2, 0) is 10.2 Å². The summed E-state index contributed by atoms with van der Waals surface area (Å²) in [5, 5.41) is 9.60. The van der Waals surface area contributed by atoms with Gasteiger partial charge in [-0.1, -0.05) is 0 Å². The van der Waals surface area contributed by atoms with E-state index in [4.69, 9.17) is 10.5 Å². The summed E-state index contributed by atoms with van der Waals surface area (Å²) in [5.41, 5.74) is 8.36. The number of ether oxygens (including phenoxy) is 1. The van der Waals surface area contributed by atoms with Gasteiger partial charge in [0.05, 0.1) is 12.5 Å². The molecular formula is C15H23NO3. The van der Waals surface area contributed by atoms with Crippen LogP contribution in [0.15, 0.2) is 6.07 Å². The maximum Gasteiger partial charge on any atom is 0.313 e. The predicted octanol–water partition coefficient (Wildman–Crippen LogP) is 2.31. The predicted molar refractivity (Wildman–Crippen MR) is 75.9 cm³/mol. The number of aryl methyl sites for hydroxylation is 1. The largest absolute Gasteiger partial charge is 0.496 e. The summed E-state index contributed by atoms with van der Waals surface area (Å²) in [5.74, 6) is -0.0482. The molecule has 0 fully saturated rings. The smallest absolute Gasteiger partial charge is 0.313 e. The average Bonchev–Trinajstić information content (AvgIpc) is 2.34. The molecule has 1 unspecified atom stereocenters. The number of hydrogen-bond acceptors (Lipinski definition) is 3. The van der Waals surface area contributed by atoms with E-state index in [2.05, 4.69) is 0 Å². The Hall–Kier alpha value is -1.55. The third-order valence-corrected chi connectivity index (χ3v) is 3.94. The third-order valence-electron chi connectivity index (χ3n) is 3.94. The molecule has 1 aromatic rings. The van der Waals surface area contributed by atoms with Gasteiger partial charge in [-0.25, -0.2) is 0 Å². The number of benzene rings is 1. The first-order valence-corrected chi connectivity index (χ1v) is 6.38. The molecule has 0 heterocycles. The Balaban J connectivity index is 3.57. The second-order valence-electron chi connectivity index (χ2n) is 5.20. The van der Waals surface area contributed by atoms with Crippen LogP contribution in [0.25, 0.3) is 0 Å². The zero-order valence-electron chi connectivity index (χ0n) is 12.3. The van der Waals surface area contributed by atoms with Crippen LogP contribution in [-0.4, -0.2) is 24.7 Å². The highest BCUT2D eigenvalue weighted by Gasteiger charge is 2.37. The van der Waals surface area contributed by atoms with E-state index in [0.717, 1.165) is 28.0 Å². The van der Waals surface area contributed by atoms with Crippen molar-refractivity contribution in [3.8, 4) is 5.75 Å². The van der Waals surface area contributed by atoms with E-state index in [9.17, 15) is 9.90 Å². The van der Waals surface area contributed by atoms with Crippen LogP contribution in [0.2, 0.25) is 0 Å². The van der Waals surface area contributed by atoms with Crippen molar-refractivity contribution in [3.05, 3.63) is 28.3 Å². The summed E-state index contributed by atoms with van der Waals surface area (Å²) >= 11 is 0. The van der Waals surface area contributed by atoms with Crippen LogP contribution < -0.4 is 10.5 Å². The van der Waals surface area contributed by atoms with Crippen LogP contribution in [0.5, 0.6) is 5.75 Å². The van der Waals surface area contributed by atoms with Gasteiger partial charge in [-0.3, -0.25) is 4.79 Å². The molecule has 19 heavy (non-hydrogen) atoms. The molecule has 0 saturated heterocycles. The van der Waals surface area contributed by atoms with Gasteiger partial charge < -0.3 is 15.6 Å². The molecular weight excluding hydrogens is 242 g/mol. The zero-order valence-corrected chi connectivity index (χ0v) is 12.3. The summed E-state index contributed by atoms with van der Waals surface area (Å²) < 4.78 is 5.32. The van der Waals surface area contributed by atoms with Gasteiger partial charge in [0.1, 0.15) is 5.75 Å². The van der Waals surface area contributed by atoms with Crippen molar-refractivity contribution in [1.29, 1.82) is 0 Å². The Morgan fingerprint density at radius 3 is 2.37 bits per heavy atom. The van der Waals surface area contributed by atoms with Crippen LogP contribution in [0.4, 0.5) is 0 Å². The number of carboxylic acids is 1. The van der Waals surface area contributed by atoms with Crippen molar-refractivity contribution < 1.29 is 14.6 Å². The molecule has 3 N–H and O–H groups in total. The van der Waals surface area contributed by atoms with E-state index in [1.54, 1.807) is 14.0 Å². The number of methoxy groups -OCH3 is 1. The molecule has 0 aromatic heterocycles. The SMILES string of the molecule is COc1cc(C)c(C(C)(CCN)C(=O)O)c(C)c1C. The maximum absolute atomic E-state index is 11.7. The minimum atomic E-state index is -0.958. The zero-order chi connectivity index (χ0) is 14.8. The molecule has 0 bridgehead atoms. The summed E-state index contributed by atoms with van der Waals surface area (Å²) in [6, 6.07) is 1.90. The lowest BCUT2D eigenvalue weighted by Crippen LogP contribution is -2.36. The second-order valence-corrected chi connectivity index (χ2v) is 5.20. The fourth-order valence-electron chi connectivity index (χ4n) is 2.73. The minimum absolute atomic E-state index is 0.340. The molecule has 0 spiro atoms. The Morgan fingerprint density at radius 1 is 1.37 bits per heavy atom. The Bertz CT molecular complexity index is 497. The van der Waals surface area contributed by atoms with Gasteiger partial charge in [-0.15, -0.1) is 0 Å². The first-order chi connectivity index (χ1) is 8.79. The number of aliphatic carboxylic acids is 1. The van der Waals surface area contributed by atoms with E-state index in [0.29, 0.717) is 13.0 Å². The number of rotatable bonds is 5. The Labute approximate surface area is 114 Å². The average molecular weight is 265 g/mol. The lowest BCUT2D eigenvalue weighted by atomic mass is 9.74. The molecule has 4 heteroatoms. The molecule has 1 rings (SSSR count). The van der Waals surface area contributed by atoms with Gasteiger partial charge in [0.25, 0.3) is 0 Å². The van der Waals surface area contributed by atoms with E-state index in [1.165, 1.54) is 0 Å². The monoisotopic (exact) mass is 265 g/mol. The van der Waals surface area contributed by atoms with Crippen molar-refractivity contribution in [2.45, 2.75) is 39.5 Å². The van der Waals surface area contributed by atoms with Crippen molar-refractivity contribution in [2.75, 3.05) is 13.7 Å². The summed E-state index contributed by atoms with van der Waals surface area (Å²) in [7, 11) is 1.62. The minimum Gasteiger partial charge on any atom is -0.496 e. The number of nitrogens with two attached hydrogens (primary N) is 1.